The Kier molecular flexibility index (Phi) is 6.97. The van der Waals surface area contributed by atoms with Gasteiger partial charge in [0.25, 0.3) is 0 Å². The highest BCUT2D eigenvalue weighted by molar-refractivity contribution is 7.92. The maximum atomic E-state index is 12.4. The first-order chi connectivity index (χ1) is 14.2. The lowest BCUT2D eigenvalue weighted by Gasteiger charge is -2.17. The average Bonchev–Trinajstić information content (AvgIpc) is 3.09. The predicted molar refractivity (Wildman–Crippen MR) is 119 cm³/mol. The maximum Gasteiger partial charge on any atom is 0.475 e. The highest BCUT2D eigenvalue weighted by Crippen LogP contribution is 2.22. The van der Waals surface area contributed by atoms with Crippen molar-refractivity contribution in [2.45, 2.75) is 25.2 Å². The number of rotatable bonds is 8. The Balaban J connectivity index is 1.58. The minimum absolute atomic E-state index is 0.199. The van der Waals surface area contributed by atoms with Crippen LogP contribution in [0.1, 0.15) is 17.5 Å². The number of carbonyl (C=O) groups excluding carboxylic acids is 1. The normalized spacial score (nSPS) is 12.5. The number of hydrogen-bond donors (Lipinski definition) is 3. The van der Waals surface area contributed by atoms with Crippen LogP contribution in [0.5, 0.6) is 0 Å². The number of aryl methyl sites for hydroxylation is 1. The summed E-state index contributed by atoms with van der Waals surface area (Å²) in [5.41, 5.74) is 3.08. The molecule has 1 aromatic heterocycles. The van der Waals surface area contributed by atoms with Gasteiger partial charge in [0.2, 0.25) is 5.91 Å². The zero-order valence-electron chi connectivity index (χ0n) is 16.9. The van der Waals surface area contributed by atoms with Crippen LogP contribution in [-0.4, -0.2) is 45.7 Å². The highest BCUT2D eigenvalue weighted by atomic mass is 32.2. The summed E-state index contributed by atoms with van der Waals surface area (Å²) in [6, 6.07) is 14.7. The van der Waals surface area contributed by atoms with Gasteiger partial charge in [0.05, 0.1) is 17.9 Å². The van der Waals surface area contributed by atoms with Gasteiger partial charge in [0, 0.05) is 34.0 Å². The van der Waals surface area contributed by atoms with Crippen molar-refractivity contribution in [2.24, 2.45) is 4.36 Å². The Morgan fingerprint density at radius 2 is 1.87 bits per heavy atom. The van der Waals surface area contributed by atoms with E-state index in [1.54, 1.807) is 30.9 Å². The van der Waals surface area contributed by atoms with Crippen LogP contribution < -0.4 is 5.32 Å². The molecular formula is C21H25BN2O5S. The van der Waals surface area contributed by atoms with Crippen molar-refractivity contribution in [3.8, 4) is 0 Å². The zero-order chi connectivity index (χ0) is 21.7. The van der Waals surface area contributed by atoms with Gasteiger partial charge in [-0.2, -0.15) is 4.36 Å². The number of fused-ring (bicyclic) bond motifs is 1. The van der Waals surface area contributed by atoms with E-state index < -0.39 is 22.8 Å². The van der Waals surface area contributed by atoms with Crippen LogP contribution in [0.15, 0.2) is 63.6 Å². The van der Waals surface area contributed by atoms with E-state index in [0.29, 0.717) is 17.7 Å². The standard InChI is InChI=1S/C21H25BN2O5S/c1-30(2,28)24-17-10-7-15(8-11-17)9-12-21(25)23-20(22(26)27)13-16-14-29-19-6-4-3-5-18(16)19/h3-8,10-11,14,20,26-27H,9,12-13H2,1-2H3,(H,23,25)/t20-/m0/s1. The van der Waals surface area contributed by atoms with E-state index in [1.165, 1.54) is 0 Å². The third-order valence-corrected chi connectivity index (χ3v) is 5.26. The molecule has 7 nitrogen and oxygen atoms in total. The van der Waals surface area contributed by atoms with Gasteiger partial charge >= 0.3 is 7.12 Å². The van der Waals surface area contributed by atoms with Crippen LogP contribution in [-0.2, 0) is 27.4 Å². The molecule has 1 atom stereocenters. The zero-order valence-corrected chi connectivity index (χ0v) is 17.8. The summed E-state index contributed by atoms with van der Waals surface area (Å²) in [6.07, 6.45) is 5.65. The largest absolute Gasteiger partial charge is 0.475 e. The summed E-state index contributed by atoms with van der Waals surface area (Å²) >= 11 is 0. The number of nitrogens with zero attached hydrogens (tertiary/aromatic N) is 1. The number of carbonyl (C=O) groups is 1. The second kappa shape index (κ2) is 9.46. The molecule has 30 heavy (non-hydrogen) atoms. The van der Waals surface area contributed by atoms with E-state index in [2.05, 4.69) is 9.68 Å². The van der Waals surface area contributed by atoms with Crippen molar-refractivity contribution < 1.29 is 23.5 Å². The SMILES string of the molecule is CS(C)(=O)=Nc1ccc(CCC(=O)N[C@@H](Cc2coc3ccccc23)B(O)O)cc1. The monoisotopic (exact) mass is 428 g/mol. The lowest BCUT2D eigenvalue weighted by Crippen LogP contribution is -2.47. The van der Waals surface area contributed by atoms with Gasteiger partial charge in [-0.25, -0.2) is 4.21 Å². The van der Waals surface area contributed by atoms with Crippen molar-refractivity contribution in [2.75, 3.05) is 12.5 Å². The molecule has 0 unspecified atom stereocenters. The molecule has 0 spiro atoms. The van der Waals surface area contributed by atoms with Crippen LogP contribution in [0.25, 0.3) is 11.0 Å². The summed E-state index contributed by atoms with van der Waals surface area (Å²) in [5, 5.41) is 23.0. The quantitative estimate of drug-likeness (QED) is 0.478. The minimum Gasteiger partial charge on any atom is -0.464 e. The molecule has 0 radical (unpaired) electrons. The van der Waals surface area contributed by atoms with E-state index in [1.807, 2.05) is 36.4 Å². The highest BCUT2D eigenvalue weighted by Gasteiger charge is 2.26. The topological polar surface area (TPSA) is 112 Å². The van der Waals surface area contributed by atoms with Crippen molar-refractivity contribution >= 4 is 39.4 Å². The fourth-order valence-corrected chi connectivity index (χ4v) is 3.80. The number of nitrogens with one attached hydrogen (secondary N) is 1. The van der Waals surface area contributed by atoms with Crippen molar-refractivity contribution in [1.82, 2.24) is 5.32 Å². The maximum absolute atomic E-state index is 12.4. The molecule has 0 aliphatic heterocycles. The number of amides is 1. The molecule has 2 aromatic carbocycles. The molecular weight excluding hydrogens is 403 g/mol. The van der Waals surface area contributed by atoms with Gasteiger partial charge in [-0.05, 0) is 42.2 Å². The van der Waals surface area contributed by atoms with Gasteiger partial charge < -0.3 is 19.8 Å². The molecule has 9 heteroatoms. The summed E-state index contributed by atoms with van der Waals surface area (Å²) in [4.78, 5) is 12.4. The molecule has 3 aromatic rings. The molecule has 0 aliphatic rings. The fourth-order valence-electron chi connectivity index (χ4n) is 3.17. The number of furan rings is 1. The molecule has 158 valence electrons. The first-order valence-corrected chi connectivity index (χ1v) is 11.9. The van der Waals surface area contributed by atoms with E-state index in [-0.39, 0.29) is 18.7 Å². The summed E-state index contributed by atoms with van der Waals surface area (Å²) in [5.74, 6) is -1.12. The fraction of sp³-hybridized carbons (Fsp3) is 0.286. The summed E-state index contributed by atoms with van der Waals surface area (Å²) < 4.78 is 21.3. The van der Waals surface area contributed by atoms with E-state index in [9.17, 15) is 19.1 Å². The van der Waals surface area contributed by atoms with Gasteiger partial charge in [0.15, 0.2) is 0 Å². The second-order valence-corrected chi connectivity index (χ2v) is 10.0. The molecule has 0 aliphatic carbocycles. The molecule has 3 rings (SSSR count). The van der Waals surface area contributed by atoms with Gasteiger partial charge in [-0.15, -0.1) is 0 Å². The van der Waals surface area contributed by atoms with E-state index in [4.69, 9.17) is 4.42 Å². The van der Waals surface area contributed by atoms with Crippen molar-refractivity contribution in [3.63, 3.8) is 0 Å². The number of hydrogen-bond acceptors (Lipinski definition) is 6. The van der Waals surface area contributed by atoms with Crippen LogP contribution in [0.4, 0.5) is 5.69 Å². The minimum atomic E-state index is -2.22. The van der Waals surface area contributed by atoms with Crippen molar-refractivity contribution in [3.05, 3.63) is 65.9 Å². The van der Waals surface area contributed by atoms with Crippen LogP contribution in [0, 0.1) is 0 Å². The van der Waals surface area contributed by atoms with Crippen LogP contribution in [0.2, 0.25) is 0 Å². The lowest BCUT2D eigenvalue weighted by molar-refractivity contribution is -0.121. The molecule has 1 heterocycles. The Morgan fingerprint density at radius 3 is 2.53 bits per heavy atom. The molecule has 0 saturated heterocycles. The Hall–Kier alpha value is -2.62. The molecule has 3 N–H and O–H groups in total. The third kappa shape index (κ3) is 6.19. The molecule has 1 amide bonds. The molecule has 0 saturated carbocycles. The molecule has 0 fully saturated rings. The Labute approximate surface area is 176 Å². The molecule has 0 bridgehead atoms. The van der Waals surface area contributed by atoms with E-state index in [0.717, 1.165) is 16.5 Å². The Morgan fingerprint density at radius 1 is 1.17 bits per heavy atom. The van der Waals surface area contributed by atoms with Gasteiger partial charge in [0.1, 0.15) is 5.58 Å². The number of benzene rings is 2. The summed E-state index contributed by atoms with van der Waals surface area (Å²) in [6.45, 7) is 0. The Bertz CT molecular complexity index is 1130. The van der Waals surface area contributed by atoms with Gasteiger partial charge in [-0.3, -0.25) is 4.79 Å². The summed E-state index contributed by atoms with van der Waals surface area (Å²) in [7, 11) is -3.91. The van der Waals surface area contributed by atoms with Crippen LogP contribution in [0.3, 0.4) is 0 Å². The smallest absolute Gasteiger partial charge is 0.464 e. The second-order valence-electron chi connectivity index (χ2n) is 7.49. The van der Waals surface area contributed by atoms with Gasteiger partial charge in [-0.1, -0.05) is 30.3 Å². The van der Waals surface area contributed by atoms with Crippen LogP contribution >= 0.6 is 0 Å². The van der Waals surface area contributed by atoms with E-state index >= 15 is 0 Å². The number of para-hydroxylation sites is 1. The predicted octanol–water partition coefficient (Wildman–Crippen LogP) is 2.46. The average molecular weight is 428 g/mol. The lowest BCUT2D eigenvalue weighted by atomic mass is 9.76. The van der Waals surface area contributed by atoms with Crippen molar-refractivity contribution in [1.29, 1.82) is 0 Å². The first-order valence-electron chi connectivity index (χ1n) is 9.58. The first kappa shape index (κ1) is 22.1. The third-order valence-electron chi connectivity index (χ3n) is 4.61.